The number of ether oxygens (including phenoxy) is 2. The molecule has 0 atom stereocenters. The number of aromatic nitrogens is 4. The summed E-state index contributed by atoms with van der Waals surface area (Å²) in [6.45, 7) is 0. The number of rotatable bonds is 5. The van der Waals surface area contributed by atoms with Crippen LogP contribution < -0.4 is 20.5 Å². The Kier molecular flexibility index (Phi) is 4.86. The molecule has 0 unspecified atom stereocenters. The Morgan fingerprint density at radius 2 is 1.89 bits per heavy atom. The van der Waals surface area contributed by atoms with Crippen molar-refractivity contribution in [1.82, 2.24) is 19.9 Å². The van der Waals surface area contributed by atoms with Crippen LogP contribution in [0.15, 0.2) is 36.9 Å². The van der Waals surface area contributed by atoms with Gasteiger partial charge in [-0.3, -0.25) is 9.97 Å². The maximum Gasteiger partial charge on any atom is 0.233 e. The first-order chi connectivity index (χ1) is 13.2. The fraction of sp³-hybridized carbons (Fsp3) is 0.368. The highest BCUT2D eigenvalue weighted by atomic mass is 16.5. The Morgan fingerprint density at radius 1 is 1.07 bits per heavy atom. The van der Waals surface area contributed by atoms with Crippen LogP contribution in [0, 0.1) is 0 Å². The molecule has 2 heterocycles. The first kappa shape index (κ1) is 17.3. The first-order valence-corrected chi connectivity index (χ1v) is 9.01. The molecule has 0 radical (unpaired) electrons. The highest BCUT2D eigenvalue weighted by Crippen LogP contribution is 2.30. The Morgan fingerprint density at radius 3 is 2.70 bits per heavy atom. The molecule has 0 spiro atoms. The van der Waals surface area contributed by atoms with Crippen LogP contribution >= 0.6 is 0 Å². The number of nitrogens with two attached hydrogens (primary N) is 1. The van der Waals surface area contributed by atoms with Crippen molar-refractivity contribution in [3.8, 4) is 11.6 Å². The van der Waals surface area contributed by atoms with Crippen LogP contribution in [-0.4, -0.2) is 39.2 Å². The summed E-state index contributed by atoms with van der Waals surface area (Å²) < 4.78 is 11.3. The van der Waals surface area contributed by atoms with Crippen molar-refractivity contribution in [3.05, 3.63) is 36.9 Å². The Labute approximate surface area is 157 Å². The predicted octanol–water partition coefficient (Wildman–Crippen LogP) is 2.81. The number of nitrogens with one attached hydrogen (secondary N) is 1. The van der Waals surface area contributed by atoms with Crippen LogP contribution in [0.4, 0.5) is 11.5 Å². The van der Waals surface area contributed by atoms with Crippen LogP contribution in [0.3, 0.4) is 0 Å². The number of hydrogen-bond acceptors (Lipinski definition) is 8. The maximum atomic E-state index is 6.23. The SMILES string of the molecule is COc1cncc(NC2CCC(Oc3cc(N)cc4nccnc34)CC2)n1. The van der Waals surface area contributed by atoms with Gasteiger partial charge in [-0.2, -0.15) is 4.98 Å². The van der Waals surface area contributed by atoms with E-state index in [1.165, 1.54) is 0 Å². The molecule has 3 N–H and O–H groups in total. The molecular formula is C19H22N6O2. The molecular weight excluding hydrogens is 344 g/mol. The lowest BCUT2D eigenvalue weighted by atomic mass is 9.93. The molecule has 1 aliphatic rings. The fourth-order valence-electron chi connectivity index (χ4n) is 3.38. The zero-order valence-corrected chi connectivity index (χ0v) is 15.1. The molecule has 8 nitrogen and oxygen atoms in total. The van der Waals surface area contributed by atoms with Gasteiger partial charge in [0, 0.05) is 30.2 Å². The van der Waals surface area contributed by atoms with Crippen molar-refractivity contribution in [2.75, 3.05) is 18.2 Å². The van der Waals surface area contributed by atoms with Crippen LogP contribution in [0.25, 0.3) is 11.0 Å². The predicted molar refractivity (Wildman–Crippen MR) is 103 cm³/mol. The maximum absolute atomic E-state index is 6.23. The van der Waals surface area contributed by atoms with Crippen molar-refractivity contribution in [1.29, 1.82) is 0 Å². The third-order valence-corrected chi connectivity index (χ3v) is 4.70. The number of nitrogens with zero attached hydrogens (tertiary/aromatic N) is 4. The van der Waals surface area contributed by atoms with Gasteiger partial charge in [0.1, 0.15) is 17.1 Å². The number of fused-ring (bicyclic) bond motifs is 1. The highest BCUT2D eigenvalue weighted by molar-refractivity contribution is 5.84. The van der Waals surface area contributed by atoms with Crippen molar-refractivity contribution in [2.45, 2.75) is 37.8 Å². The summed E-state index contributed by atoms with van der Waals surface area (Å²) in [6, 6.07) is 3.97. The monoisotopic (exact) mass is 366 g/mol. The molecule has 1 saturated carbocycles. The quantitative estimate of drug-likeness (QED) is 0.664. The van der Waals surface area contributed by atoms with Gasteiger partial charge in [-0.05, 0) is 31.7 Å². The summed E-state index contributed by atoms with van der Waals surface area (Å²) in [5.41, 5.74) is 8.11. The van der Waals surface area contributed by atoms with E-state index in [0.717, 1.165) is 42.5 Å². The van der Waals surface area contributed by atoms with E-state index in [1.807, 2.05) is 12.1 Å². The Balaban J connectivity index is 1.38. The minimum absolute atomic E-state index is 0.131. The number of anilines is 2. The molecule has 27 heavy (non-hydrogen) atoms. The first-order valence-electron chi connectivity index (χ1n) is 9.01. The van der Waals surface area contributed by atoms with E-state index in [-0.39, 0.29) is 6.10 Å². The van der Waals surface area contributed by atoms with Crippen molar-refractivity contribution < 1.29 is 9.47 Å². The summed E-state index contributed by atoms with van der Waals surface area (Å²) >= 11 is 0. The minimum Gasteiger partial charge on any atom is -0.488 e. The zero-order valence-electron chi connectivity index (χ0n) is 15.1. The largest absolute Gasteiger partial charge is 0.488 e. The summed E-state index contributed by atoms with van der Waals surface area (Å²) in [4.78, 5) is 17.2. The summed E-state index contributed by atoms with van der Waals surface area (Å²) in [5, 5.41) is 3.43. The van der Waals surface area contributed by atoms with E-state index in [0.29, 0.717) is 23.4 Å². The van der Waals surface area contributed by atoms with Crippen molar-refractivity contribution >= 4 is 22.5 Å². The third kappa shape index (κ3) is 3.99. The minimum atomic E-state index is 0.131. The van der Waals surface area contributed by atoms with Gasteiger partial charge in [0.2, 0.25) is 5.88 Å². The zero-order chi connectivity index (χ0) is 18.6. The molecule has 0 amide bonds. The second kappa shape index (κ2) is 7.61. The summed E-state index contributed by atoms with van der Waals surface area (Å²) in [5.74, 6) is 1.94. The standard InChI is InChI=1S/C19H22N6O2/c1-26-18-11-21-10-17(25-18)24-13-2-4-14(5-3-13)27-16-9-12(20)8-15-19(16)23-7-6-22-15/h6-11,13-14H,2-5,20H2,1H3,(H,24,25). The second-order valence-electron chi connectivity index (χ2n) is 6.63. The van der Waals surface area contributed by atoms with Gasteiger partial charge in [-0.15, -0.1) is 0 Å². The third-order valence-electron chi connectivity index (χ3n) is 4.70. The van der Waals surface area contributed by atoms with Crippen LogP contribution in [0.5, 0.6) is 11.6 Å². The van der Waals surface area contributed by atoms with Gasteiger partial charge >= 0.3 is 0 Å². The summed E-state index contributed by atoms with van der Waals surface area (Å²) in [7, 11) is 1.58. The van der Waals surface area contributed by atoms with Gasteiger partial charge < -0.3 is 20.5 Å². The molecule has 140 valence electrons. The van der Waals surface area contributed by atoms with Crippen LogP contribution in [0.1, 0.15) is 25.7 Å². The number of benzene rings is 1. The van der Waals surface area contributed by atoms with Crippen molar-refractivity contribution in [2.24, 2.45) is 0 Å². The molecule has 1 aliphatic carbocycles. The molecule has 1 fully saturated rings. The lowest BCUT2D eigenvalue weighted by molar-refractivity contribution is 0.152. The highest BCUT2D eigenvalue weighted by Gasteiger charge is 2.23. The van der Waals surface area contributed by atoms with Crippen molar-refractivity contribution in [3.63, 3.8) is 0 Å². The lowest BCUT2D eigenvalue weighted by Gasteiger charge is -2.30. The lowest BCUT2D eigenvalue weighted by Crippen LogP contribution is -2.31. The van der Waals surface area contributed by atoms with Crippen LogP contribution in [0.2, 0.25) is 0 Å². The van der Waals surface area contributed by atoms with Gasteiger partial charge in [0.05, 0.1) is 31.1 Å². The second-order valence-corrected chi connectivity index (χ2v) is 6.63. The number of hydrogen-bond donors (Lipinski definition) is 2. The molecule has 4 rings (SSSR count). The Bertz CT molecular complexity index is 927. The summed E-state index contributed by atoms with van der Waals surface area (Å²) in [6.07, 6.45) is 10.6. The molecule has 0 bridgehead atoms. The van der Waals surface area contributed by atoms with Gasteiger partial charge in [-0.25, -0.2) is 4.98 Å². The normalized spacial score (nSPS) is 19.6. The average Bonchev–Trinajstić information content (AvgIpc) is 2.69. The van der Waals surface area contributed by atoms with E-state index in [4.69, 9.17) is 15.2 Å². The topological polar surface area (TPSA) is 108 Å². The number of nitrogen functional groups attached to an aromatic ring is 1. The van der Waals surface area contributed by atoms with Gasteiger partial charge in [0.25, 0.3) is 0 Å². The molecule has 1 aromatic carbocycles. The molecule has 3 aromatic rings. The van der Waals surface area contributed by atoms with E-state index in [9.17, 15) is 0 Å². The molecule has 0 aliphatic heterocycles. The van der Waals surface area contributed by atoms with E-state index >= 15 is 0 Å². The fourth-order valence-corrected chi connectivity index (χ4v) is 3.38. The van der Waals surface area contributed by atoms with E-state index in [1.54, 1.807) is 31.9 Å². The molecule has 8 heteroatoms. The average molecular weight is 366 g/mol. The van der Waals surface area contributed by atoms with E-state index in [2.05, 4.69) is 25.3 Å². The van der Waals surface area contributed by atoms with Gasteiger partial charge in [0.15, 0.2) is 0 Å². The van der Waals surface area contributed by atoms with E-state index < -0.39 is 0 Å². The molecule has 0 saturated heterocycles. The Hall–Kier alpha value is -3.16. The van der Waals surface area contributed by atoms with Crippen LogP contribution in [-0.2, 0) is 0 Å². The number of methoxy groups -OCH3 is 1. The smallest absolute Gasteiger partial charge is 0.233 e. The molecule has 2 aromatic heterocycles. The van der Waals surface area contributed by atoms with Gasteiger partial charge in [-0.1, -0.05) is 0 Å².